The Morgan fingerprint density at radius 3 is 2.62 bits per heavy atom. The van der Waals surface area contributed by atoms with E-state index in [-0.39, 0.29) is 5.82 Å². The molecule has 32 heavy (non-hydrogen) atoms. The van der Waals surface area contributed by atoms with Crippen LogP contribution in [-0.4, -0.2) is 45.1 Å². The van der Waals surface area contributed by atoms with Gasteiger partial charge in [0.1, 0.15) is 5.82 Å². The largest absolute Gasteiger partial charge is 0.353 e. The second kappa shape index (κ2) is 9.38. The van der Waals surface area contributed by atoms with Gasteiger partial charge in [-0.05, 0) is 56.0 Å². The van der Waals surface area contributed by atoms with Crippen LogP contribution in [0.25, 0.3) is 11.0 Å². The minimum atomic E-state index is -0.208. The number of benzene rings is 2. The van der Waals surface area contributed by atoms with Gasteiger partial charge >= 0.3 is 0 Å². The van der Waals surface area contributed by atoms with Crippen LogP contribution in [0.1, 0.15) is 29.0 Å². The minimum absolute atomic E-state index is 0.208. The van der Waals surface area contributed by atoms with Crippen LogP contribution < -0.4 is 5.32 Å². The molecular weight excluding hydrogens is 421 g/mol. The number of aromatic nitrogens is 3. The highest BCUT2D eigenvalue weighted by atomic mass is 32.1. The molecule has 166 valence electrons. The Hall–Kier alpha value is -2.77. The smallest absolute Gasteiger partial charge is 0.204 e. The van der Waals surface area contributed by atoms with E-state index in [1.54, 1.807) is 11.3 Å². The molecule has 0 aliphatic carbocycles. The monoisotopic (exact) mass is 449 g/mol. The summed E-state index contributed by atoms with van der Waals surface area (Å²) in [5, 5.41) is 3.71. The summed E-state index contributed by atoms with van der Waals surface area (Å²) < 4.78 is 15.6. The number of imidazole rings is 1. The first-order chi connectivity index (χ1) is 15.7. The molecule has 5 nitrogen and oxygen atoms in total. The lowest BCUT2D eigenvalue weighted by Gasteiger charge is -2.32. The second-order valence-electron chi connectivity index (χ2n) is 8.51. The van der Waals surface area contributed by atoms with Crippen LogP contribution in [0.15, 0.2) is 54.0 Å². The van der Waals surface area contributed by atoms with Crippen molar-refractivity contribution in [1.29, 1.82) is 0 Å². The number of thiazole rings is 1. The number of hydrogen-bond donors (Lipinski definition) is 1. The first-order valence-corrected chi connectivity index (χ1v) is 12.1. The quantitative estimate of drug-likeness (QED) is 0.426. The van der Waals surface area contributed by atoms with Crippen molar-refractivity contribution in [3.63, 3.8) is 0 Å². The van der Waals surface area contributed by atoms with Crippen molar-refractivity contribution in [3.8, 4) is 0 Å². The number of aryl methyl sites for hydroxylation is 1. The molecule has 1 fully saturated rings. The lowest BCUT2D eigenvalue weighted by Crippen LogP contribution is -2.40. The Morgan fingerprint density at radius 2 is 1.88 bits per heavy atom. The molecule has 1 saturated heterocycles. The Balaban J connectivity index is 1.25. The Labute approximate surface area is 191 Å². The summed E-state index contributed by atoms with van der Waals surface area (Å²) in [5.41, 5.74) is 6.25. The highest BCUT2D eigenvalue weighted by molar-refractivity contribution is 7.09. The van der Waals surface area contributed by atoms with E-state index < -0.39 is 0 Å². The third-order valence-electron chi connectivity index (χ3n) is 6.33. The predicted molar refractivity (Wildman–Crippen MR) is 129 cm³/mol. The standard InChI is InChI=1S/C25H28FN5S/c1-18-24(32-17-27-18)12-15-30-13-10-21(11-14-30)28-25-29-22-4-2-3-5-23(22)31(25)16-19-6-8-20(26)9-7-19/h2-9,17,21H,10-16H2,1H3,(H,28,29). The molecule has 3 heterocycles. The number of anilines is 1. The molecule has 0 atom stereocenters. The van der Waals surface area contributed by atoms with Crippen molar-refractivity contribution in [2.45, 2.75) is 38.8 Å². The number of nitrogens with one attached hydrogen (secondary N) is 1. The van der Waals surface area contributed by atoms with Crippen molar-refractivity contribution < 1.29 is 4.39 Å². The van der Waals surface area contributed by atoms with E-state index in [0.717, 1.165) is 61.4 Å². The maximum atomic E-state index is 13.4. The Morgan fingerprint density at radius 1 is 1.09 bits per heavy atom. The van der Waals surface area contributed by atoms with Gasteiger partial charge in [0.2, 0.25) is 5.95 Å². The van der Waals surface area contributed by atoms with E-state index >= 15 is 0 Å². The van der Waals surface area contributed by atoms with E-state index in [2.05, 4.69) is 32.8 Å². The predicted octanol–water partition coefficient (Wildman–Crippen LogP) is 5.11. The summed E-state index contributed by atoms with van der Waals surface area (Å²) in [7, 11) is 0. The summed E-state index contributed by atoms with van der Waals surface area (Å²) in [6, 6.07) is 15.3. The van der Waals surface area contributed by atoms with Gasteiger partial charge in [0, 0.05) is 30.6 Å². The van der Waals surface area contributed by atoms with E-state index in [4.69, 9.17) is 4.98 Å². The van der Waals surface area contributed by atoms with Gasteiger partial charge in [-0.25, -0.2) is 14.4 Å². The van der Waals surface area contributed by atoms with Gasteiger partial charge in [0.25, 0.3) is 0 Å². The van der Waals surface area contributed by atoms with Gasteiger partial charge in [-0.3, -0.25) is 0 Å². The normalized spacial score (nSPS) is 15.4. The second-order valence-corrected chi connectivity index (χ2v) is 9.45. The number of piperidine rings is 1. The zero-order valence-electron chi connectivity index (χ0n) is 18.3. The van der Waals surface area contributed by atoms with Crippen molar-refractivity contribution in [2.75, 3.05) is 25.0 Å². The number of fused-ring (bicyclic) bond motifs is 1. The molecule has 0 unspecified atom stereocenters. The van der Waals surface area contributed by atoms with Crippen LogP contribution in [-0.2, 0) is 13.0 Å². The van der Waals surface area contributed by atoms with Crippen molar-refractivity contribution in [2.24, 2.45) is 0 Å². The third kappa shape index (κ3) is 4.69. The Kier molecular flexibility index (Phi) is 6.19. The number of rotatable bonds is 7. The average Bonchev–Trinajstić information content (AvgIpc) is 3.38. The van der Waals surface area contributed by atoms with Crippen molar-refractivity contribution in [1.82, 2.24) is 19.4 Å². The third-order valence-corrected chi connectivity index (χ3v) is 7.32. The summed E-state index contributed by atoms with van der Waals surface area (Å²) in [6.07, 6.45) is 3.28. The van der Waals surface area contributed by atoms with Gasteiger partial charge < -0.3 is 14.8 Å². The fraction of sp³-hybridized carbons (Fsp3) is 0.360. The molecule has 2 aromatic heterocycles. The van der Waals surface area contributed by atoms with Crippen LogP contribution in [0.2, 0.25) is 0 Å². The Bertz CT molecular complexity index is 1170. The molecule has 1 aliphatic rings. The highest BCUT2D eigenvalue weighted by Gasteiger charge is 2.21. The SMILES string of the molecule is Cc1ncsc1CCN1CCC(Nc2nc3ccccc3n2Cc2ccc(F)cc2)CC1. The van der Waals surface area contributed by atoms with Crippen LogP contribution in [0.3, 0.4) is 0 Å². The summed E-state index contributed by atoms with van der Waals surface area (Å²) in [6.45, 7) is 6.04. The van der Waals surface area contributed by atoms with Gasteiger partial charge in [-0.1, -0.05) is 24.3 Å². The molecule has 5 rings (SSSR count). The minimum Gasteiger partial charge on any atom is -0.353 e. The summed E-state index contributed by atoms with van der Waals surface area (Å²) in [4.78, 5) is 13.2. The van der Waals surface area contributed by atoms with Crippen molar-refractivity contribution in [3.05, 3.63) is 76.0 Å². The van der Waals surface area contributed by atoms with Gasteiger partial charge in [0.05, 0.1) is 28.8 Å². The van der Waals surface area contributed by atoms with Crippen LogP contribution in [0.4, 0.5) is 10.3 Å². The van der Waals surface area contributed by atoms with Crippen molar-refractivity contribution >= 4 is 28.3 Å². The molecule has 0 spiro atoms. The average molecular weight is 450 g/mol. The van der Waals surface area contributed by atoms with E-state index in [1.165, 1.54) is 22.7 Å². The fourth-order valence-corrected chi connectivity index (χ4v) is 5.20. The zero-order chi connectivity index (χ0) is 21.9. The van der Waals surface area contributed by atoms with Gasteiger partial charge in [-0.15, -0.1) is 11.3 Å². The molecule has 2 aromatic carbocycles. The van der Waals surface area contributed by atoms with Gasteiger partial charge in [0.15, 0.2) is 0 Å². The van der Waals surface area contributed by atoms with E-state index in [1.807, 2.05) is 35.8 Å². The first-order valence-electron chi connectivity index (χ1n) is 11.2. The maximum absolute atomic E-state index is 13.4. The summed E-state index contributed by atoms with van der Waals surface area (Å²) in [5.74, 6) is 0.689. The number of hydrogen-bond acceptors (Lipinski definition) is 5. The molecular formula is C25H28FN5S. The summed E-state index contributed by atoms with van der Waals surface area (Å²) >= 11 is 1.76. The molecule has 1 aliphatic heterocycles. The molecule has 0 radical (unpaired) electrons. The lowest BCUT2D eigenvalue weighted by molar-refractivity contribution is 0.221. The van der Waals surface area contributed by atoms with Crippen LogP contribution in [0.5, 0.6) is 0 Å². The maximum Gasteiger partial charge on any atom is 0.204 e. The van der Waals surface area contributed by atoms with E-state index in [0.29, 0.717) is 12.6 Å². The van der Waals surface area contributed by atoms with Gasteiger partial charge in [-0.2, -0.15) is 0 Å². The number of halogens is 1. The van der Waals surface area contributed by atoms with E-state index in [9.17, 15) is 4.39 Å². The molecule has 7 heteroatoms. The lowest BCUT2D eigenvalue weighted by atomic mass is 10.0. The molecule has 4 aromatic rings. The molecule has 0 bridgehead atoms. The molecule has 0 amide bonds. The highest BCUT2D eigenvalue weighted by Crippen LogP contribution is 2.24. The van der Waals surface area contributed by atoms with Crippen LogP contribution in [0, 0.1) is 12.7 Å². The number of nitrogens with zero attached hydrogens (tertiary/aromatic N) is 4. The fourth-order valence-electron chi connectivity index (χ4n) is 4.43. The first kappa shape index (κ1) is 21.1. The zero-order valence-corrected chi connectivity index (χ0v) is 19.1. The number of likely N-dealkylation sites (tertiary alicyclic amines) is 1. The van der Waals surface area contributed by atoms with Crippen LogP contribution >= 0.6 is 11.3 Å². The molecule has 1 N–H and O–H groups in total. The number of para-hydroxylation sites is 2. The molecule has 0 saturated carbocycles. The topological polar surface area (TPSA) is 46.0 Å².